The molecule has 1 fully saturated rings. The van der Waals surface area contributed by atoms with Crippen molar-refractivity contribution in [2.75, 3.05) is 5.32 Å². The lowest BCUT2D eigenvalue weighted by atomic mass is 9.96. The fourth-order valence-electron chi connectivity index (χ4n) is 3.00. The number of nitrogens with one attached hydrogen (secondary N) is 2. The van der Waals surface area contributed by atoms with Crippen LogP contribution in [0, 0.1) is 6.92 Å². The summed E-state index contributed by atoms with van der Waals surface area (Å²) in [6, 6.07) is 0. The predicted octanol–water partition coefficient (Wildman–Crippen LogP) is 2.71. The van der Waals surface area contributed by atoms with Crippen LogP contribution >= 0.6 is 0 Å². The van der Waals surface area contributed by atoms with Crippen LogP contribution in [-0.4, -0.2) is 21.3 Å². The van der Waals surface area contributed by atoms with Crippen molar-refractivity contribution < 1.29 is 9.32 Å². The monoisotopic (exact) mass is 286 g/mol. The van der Waals surface area contributed by atoms with E-state index in [1.54, 1.807) is 0 Å². The summed E-state index contributed by atoms with van der Waals surface area (Å²) in [5, 5.41) is 14.1. The third-order valence-corrected chi connectivity index (χ3v) is 4.35. The number of aromatic nitrogens is 3. The summed E-state index contributed by atoms with van der Waals surface area (Å²) in [5.41, 5.74) is 4.16. The number of aromatic amines is 1. The fraction of sp³-hybridized carbons (Fsp3) is 0.533. The fourth-order valence-corrected chi connectivity index (χ4v) is 3.00. The average molecular weight is 286 g/mol. The Morgan fingerprint density at radius 1 is 1.33 bits per heavy atom. The molecular formula is C15H18N4O2. The van der Waals surface area contributed by atoms with Crippen LogP contribution in [0.4, 0.5) is 5.69 Å². The van der Waals surface area contributed by atoms with E-state index in [9.17, 15) is 4.79 Å². The molecule has 21 heavy (non-hydrogen) atoms. The number of nitrogens with zero attached hydrogens (tertiary/aromatic N) is 2. The highest BCUT2D eigenvalue weighted by Gasteiger charge is 2.33. The van der Waals surface area contributed by atoms with E-state index < -0.39 is 0 Å². The van der Waals surface area contributed by atoms with Crippen LogP contribution in [0.1, 0.15) is 64.8 Å². The molecule has 2 aliphatic rings. The number of hydrogen-bond donors (Lipinski definition) is 2. The van der Waals surface area contributed by atoms with Crippen molar-refractivity contribution in [1.29, 1.82) is 0 Å². The van der Waals surface area contributed by atoms with Crippen LogP contribution in [0.2, 0.25) is 0 Å². The van der Waals surface area contributed by atoms with E-state index in [1.165, 1.54) is 0 Å². The maximum atomic E-state index is 12.5. The molecule has 2 aromatic rings. The first-order valence-electron chi connectivity index (χ1n) is 7.57. The minimum Gasteiger partial charge on any atom is -0.359 e. The molecule has 0 radical (unpaired) electrons. The molecule has 4 rings (SSSR count). The molecule has 110 valence electrons. The molecular weight excluding hydrogens is 268 g/mol. The van der Waals surface area contributed by atoms with Crippen molar-refractivity contribution in [3.8, 4) is 0 Å². The molecule has 0 atom stereocenters. The van der Waals surface area contributed by atoms with Crippen molar-refractivity contribution in [1.82, 2.24) is 15.4 Å². The van der Waals surface area contributed by atoms with E-state index in [0.29, 0.717) is 11.6 Å². The Bertz CT molecular complexity index is 697. The Morgan fingerprint density at radius 2 is 2.14 bits per heavy atom. The zero-order valence-electron chi connectivity index (χ0n) is 12.0. The summed E-state index contributed by atoms with van der Waals surface area (Å²) in [4.78, 5) is 12.5. The second kappa shape index (κ2) is 4.72. The third-order valence-electron chi connectivity index (χ3n) is 4.35. The molecule has 0 bridgehead atoms. The highest BCUT2D eigenvalue weighted by Crippen LogP contribution is 2.44. The smallest absolute Gasteiger partial charge is 0.276 e. The van der Waals surface area contributed by atoms with Gasteiger partial charge < -0.3 is 9.84 Å². The molecule has 0 aromatic carbocycles. The van der Waals surface area contributed by atoms with Crippen LogP contribution < -0.4 is 5.32 Å². The number of carbonyl (C=O) groups excluding carboxylic acids is 1. The van der Waals surface area contributed by atoms with Crippen LogP contribution in [0.3, 0.4) is 0 Å². The number of amides is 1. The van der Waals surface area contributed by atoms with Gasteiger partial charge >= 0.3 is 0 Å². The van der Waals surface area contributed by atoms with E-state index >= 15 is 0 Å². The maximum Gasteiger partial charge on any atom is 0.276 e. The van der Waals surface area contributed by atoms with Gasteiger partial charge in [-0.3, -0.25) is 9.89 Å². The van der Waals surface area contributed by atoms with Crippen molar-refractivity contribution in [3.05, 3.63) is 28.4 Å². The van der Waals surface area contributed by atoms with Gasteiger partial charge in [0.2, 0.25) is 0 Å². The standard InChI is InChI=1S/C15H18N4O2/c1-8-12(14(21-19-8)9-6-7-9)16-15(20)13-10-4-2-3-5-11(10)17-18-13/h9H,2-7H2,1H3,(H,16,20)(H,17,18). The number of H-pyrrole nitrogens is 1. The van der Waals surface area contributed by atoms with Gasteiger partial charge in [-0.2, -0.15) is 5.10 Å². The molecule has 2 aliphatic carbocycles. The minimum atomic E-state index is -0.164. The maximum absolute atomic E-state index is 12.5. The van der Waals surface area contributed by atoms with Gasteiger partial charge in [0.25, 0.3) is 5.91 Å². The van der Waals surface area contributed by atoms with Crippen LogP contribution in [0.25, 0.3) is 0 Å². The van der Waals surface area contributed by atoms with Crippen molar-refractivity contribution in [2.24, 2.45) is 0 Å². The second-order valence-electron chi connectivity index (χ2n) is 5.97. The lowest BCUT2D eigenvalue weighted by Gasteiger charge is -2.11. The van der Waals surface area contributed by atoms with Crippen LogP contribution in [-0.2, 0) is 12.8 Å². The van der Waals surface area contributed by atoms with Gasteiger partial charge in [0, 0.05) is 17.2 Å². The van der Waals surface area contributed by atoms with Gasteiger partial charge in [-0.15, -0.1) is 0 Å². The molecule has 2 aromatic heterocycles. The summed E-state index contributed by atoms with van der Waals surface area (Å²) >= 11 is 0. The zero-order chi connectivity index (χ0) is 14.4. The summed E-state index contributed by atoms with van der Waals surface area (Å²) in [6.07, 6.45) is 6.39. The summed E-state index contributed by atoms with van der Waals surface area (Å²) < 4.78 is 5.36. The zero-order valence-corrected chi connectivity index (χ0v) is 12.0. The first kappa shape index (κ1) is 12.6. The lowest BCUT2D eigenvalue weighted by Crippen LogP contribution is -2.16. The predicted molar refractivity (Wildman–Crippen MR) is 76.4 cm³/mol. The molecule has 6 heteroatoms. The number of carbonyl (C=O) groups is 1. The van der Waals surface area contributed by atoms with Gasteiger partial charge in [-0.1, -0.05) is 5.16 Å². The third kappa shape index (κ3) is 2.14. The van der Waals surface area contributed by atoms with Crippen molar-refractivity contribution >= 4 is 11.6 Å². The van der Waals surface area contributed by atoms with Gasteiger partial charge in [0.05, 0.1) is 0 Å². The Hall–Kier alpha value is -2.11. The van der Waals surface area contributed by atoms with Crippen molar-refractivity contribution in [3.63, 3.8) is 0 Å². The molecule has 0 aliphatic heterocycles. The van der Waals surface area contributed by atoms with Crippen molar-refractivity contribution in [2.45, 2.75) is 51.4 Å². The first-order chi connectivity index (χ1) is 10.2. The lowest BCUT2D eigenvalue weighted by molar-refractivity contribution is 0.102. The van der Waals surface area contributed by atoms with E-state index in [2.05, 4.69) is 20.7 Å². The number of rotatable bonds is 3. The summed E-state index contributed by atoms with van der Waals surface area (Å²) in [7, 11) is 0. The SMILES string of the molecule is Cc1noc(C2CC2)c1NC(=O)c1n[nH]c2c1CCCC2. The topological polar surface area (TPSA) is 83.8 Å². The normalized spacial score (nSPS) is 17.6. The Labute approximate surface area is 122 Å². The molecule has 2 heterocycles. The molecule has 2 N–H and O–H groups in total. The second-order valence-corrected chi connectivity index (χ2v) is 5.97. The van der Waals surface area contributed by atoms with E-state index in [-0.39, 0.29) is 5.91 Å². The van der Waals surface area contributed by atoms with E-state index in [4.69, 9.17) is 4.52 Å². The minimum absolute atomic E-state index is 0.164. The summed E-state index contributed by atoms with van der Waals surface area (Å²) in [6.45, 7) is 1.85. The number of hydrogen-bond acceptors (Lipinski definition) is 4. The van der Waals surface area contributed by atoms with E-state index in [0.717, 1.165) is 66.9 Å². The average Bonchev–Trinajstić information content (AvgIpc) is 3.14. The van der Waals surface area contributed by atoms with Gasteiger partial charge in [-0.25, -0.2) is 0 Å². The largest absolute Gasteiger partial charge is 0.359 e. The van der Waals surface area contributed by atoms with Gasteiger partial charge in [0.1, 0.15) is 11.4 Å². The Balaban J connectivity index is 1.61. The highest BCUT2D eigenvalue weighted by molar-refractivity contribution is 6.04. The van der Waals surface area contributed by atoms with Gasteiger partial charge in [-0.05, 0) is 45.4 Å². The molecule has 0 saturated heterocycles. The quantitative estimate of drug-likeness (QED) is 0.908. The number of anilines is 1. The molecule has 0 unspecified atom stereocenters. The number of aryl methyl sites for hydroxylation is 2. The van der Waals surface area contributed by atoms with Gasteiger partial charge in [0.15, 0.2) is 11.5 Å². The van der Waals surface area contributed by atoms with E-state index in [1.807, 2.05) is 6.92 Å². The number of fused-ring (bicyclic) bond motifs is 1. The van der Waals surface area contributed by atoms with Crippen LogP contribution in [0.5, 0.6) is 0 Å². The molecule has 1 saturated carbocycles. The molecule has 0 spiro atoms. The highest BCUT2D eigenvalue weighted by atomic mass is 16.5. The Morgan fingerprint density at radius 3 is 2.95 bits per heavy atom. The van der Waals surface area contributed by atoms with Crippen LogP contribution in [0.15, 0.2) is 4.52 Å². The first-order valence-corrected chi connectivity index (χ1v) is 7.57. The summed E-state index contributed by atoms with van der Waals surface area (Å²) in [5.74, 6) is 1.06. The molecule has 6 nitrogen and oxygen atoms in total. The molecule has 1 amide bonds. The Kier molecular flexibility index (Phi) is 2.83.